The highest BCUT2D eigenvalue weighted by molar-refractivity contribution is 7.91. The molecule has 218 valence electrons. The predicted octanol–water partition coefficient (Wildman–Crippen LogP) is 5.20. The number of aromatic nitrogens is 3. The Morgan fingerprint density at radius 2 is 1.85 bits per heavy atom. The van der Waals surface area contributed by atoms with E-state index in [-0.39, 0.29) is 45.4 Å². The summed E-state index contributed by atoms with van der Waals surface area (Å²) in [4.78, 5) is 16.9. The second-order valence-electron chi connectivity index (χ2n) is 10.4. The van der Waals surface area contributed by atoms with Gasteiger partial charge in [0, 0.05) is 44.2 Å². The first-order valence-electron chi connectivity index (χ1n) is 12.1. The van der Waals surface area contributed by atoms with Crippen molar-refractivity contribution in [2.24, 2.45) is 18.4 Å². The van der Waals surface area contributed by atoms with Crippen LogP contribution in [0.1, 0.15) is 55.7 Å². The first-order valence-corrected chi connectivity index (χ1v) is 14.4. The third-order valence-electron chi connectivity index (χ3n) is 6.94. The van der Waals surface area contributed by atoms with Gasteiger partial charge in [0.25, 0.3) is 5.91 Å². The van der Waals surface area contributed by atoms with Crippen molar-refractivity contribution in [2.75, 3.05) is 12.8 Å². The summed E-state index contributed by atoms with van der Waals surface area (Å²) in [5.41, 5.74) is -2.56. The van der Waals surface area contributed by atoms with E-state index in [0.29, 0.717) is 25.7 Å². The van der Waals surface area contributed by atoms with Crippen molar-refractivity contribution in [1.29, 1.82) is 0 Å². The second-order valence-corrected chi connectivity index (χ2v) is 13.1. The molecule has 1 N–H and O–H groups in total. The molecule has 1 aliphatic rings. The number of nitrogens with one attached hydrogen (secondary N) is 1. The van der Waals surface area contributed by atoms with Crippen molar-refractivity contribution in [2.45, 2.75) is 64.0 Å². The highest BCUT2D eigenvalue weighted by atomic mass is 35.5. The Morgan fingerprint density at radius 1 is 1.23 bits per heavy atom. The molecule has 1 saturated carbocycles. The quantitative estimate of drug-likeness (QED) is 0.397. The van der Waals surface area contributed by atoms with Crippen LogP contribution in [-0.4, -0.2) is 59.9 Å². The molecule has 1 amide bonds. The molecule has 0 aliphatic heterocycles. The summed E-state index contributed by atoms with van der Waals surface area (Å²) in [6.07, 6.45) is -0.622. The largest absolute Gasteiger partial charge is 0.434 e. The number of sulfone groups is 1. The van der Waals surface area contributed by atoms with Crippen molar-refractivity contribution in [3.63, 3.8) is 0 Å². The third-order valence-corrected chi connectivity index (χ3v) is 8.98. The van der Waals surface area contributed by atoms with Crippen LogP contribution in [0.25, 0.3) is 11.3 Å². The number of nitrogens with zero attached hydrogens (tertiary/aromatic N) is 3. The van der Waals surface area contributed by atoms with Gasteiger partial charge >= 0.3 is 12.8 Å². The number of amides is 1. The standard InChI is InChI=1S/C24H30ClF5N4O4S/c1-23(2,24(28,29)30)10-14-9-17(38-22(26)27)16(12-31-14)20-18(25)19(33-34(20)3)21(35)32-11-13-5-7-15(8-6-13)39(4,36)37/h9,12-13,15,22H,5-8,10-11H2,1-4H3,(H,32,35)/t13-,15+. The number of carbonyl (C=O) groups excluding carboxylic acids is 1. The molecular formula is C24H30ClF5N4O4S. The van der Waals surface area contributed by atoms with Crippen molar-refractivity contribution >= 4 is 27.3 Å². The van der Waals surface area contributed by atoms with Crippen LogP contribution in [0.2, 0.25) is 5.02 Å². The van der Waals surface area contributed by atoms with E-state index in [1.807, 2.05) is 0 Å². The van der Waals surface area contributed by atoms with E-state index in [1.54, 1.807) is 0 Å². The minimum absolute atomic E-state index is 0.0141. The van der Waals surface area contributed by atoms with Gasteiger partial charge in [0.15, 0.2) is 5.69 Å². The molecular weight excluding hydrogens is 571 g/mol. The van der Waals surface area contributed by atoms with Crippen LogP contribution >= 0.6 is 11.6 Å². The van der Waals surface area contributed by atoms with Gasteiger partial charge in [-0.3, -0.25) is 14.5 Å². The van der Waals surface area contributed by atoms with Crippen LogP contribution in [0.5, 0.6) is 5.75 Å². The molecule has 8 nitrogen and oxygen atoms in total. The molecule has 1 aliphatic carbocycles. The zero-order valence-electron chi connectivity index (χ0n) is 21.8. The van der Waals surface area contributed by atoms with E-state index in [0.717, 1.165) is 26.1 Å². The third kappa shape index (κ3) is 7.38. The minimum Gasteiger partial charge on any atom is -0.434 e. The van der Waals surface area contributed by atoms with Gasteiger partial charge in [-0.25, -0.2) is 8.42 Å². The van der Waals surface area contributed by atoms with Crippen molar-refractivity contribution in [3.8, 4) is 17.0 Å². The Hall–Kier alpha value is -2.48. The van der Waals surface area contributed by atoms with Gasteiger partial charge in [-0.2, -0.15) is 27.1 Å². The summed E-state index contributed by atoms with van der Waals surface area (Å²) in [7, 11) is -1.70. The highest BCUT2D eigenvalue weighted by Crippen LogP contribution is 2.42. The molecule has 0 atom stereocenters. The summed E-state index contributed by atoms with van der Waals surface area (Å²) in [5.74, 6) is -1.02. The van der Waals surface area contributed by atoms with Gasteiger partial charge in [0.05, 0.1) is 26.9 Å². The zero-order valence-corrected chi connectivity index (χ0v) is 23.4. The summed E-state index contributed by atoms with van der Waals surface area (Å²) < 4.78 is 95.6. The van der Waals surface area contributed by atoms with E-state index in [9.17, 15) is 35.2 Å². The molecule has 15 heteroatoms. The maximum Gasteiger partial charge on any atom is 0.394 e. The highest BCUT2D eigenvalue weighted by Gasteiger charge is 2.47. The molecule has 3 rings (SSSR count). The minimum atomic E-state index is -4.56. The number of hydrogen-bond donors (Lipinski definition) is 1. The fraction of sp³-hybridized carbons (Fsp3) is 0.625. The maximum atomic E-state index is 13.3. The number of hydrogen-bond acceptors (Lipinski definition) is 6. The van der Waals surface area contributed by atoms with Crippen LogP contribution in [0.15, 0.2) is 12.3 Å². The van der Waals surface area contributed by atoms with Gasteiger partial charge in [-0.05, 0) is 31.6 Å². The molecule has 2 aromatic heterocycles. The van der Waals surface area contributed by atoms with Crippen molar-refractivity contribution in [3.05, 3.63) is 28.7 Å². The van der Waals surface area contributed by atoms with Crippen molar-refractivity contribution in [1.82, 2.24) is 20.1 Å². The molecule has 1 fully saturated rings. The smallest absolute Gasteiger partial charge is 0.394 e. The van der Waals surface area contributed by atoms with E-state index in [4.69, 9.17) is 11.6 Å². The lowest BCUT2D eigenvalue weighted by Gasteiger charge is -2.27. The SMILES string of the molecule is Cn1nc(C(=O)NC[C@H]2CC[C@@H](S(C)(=O)=O)CC2)c(Cl)c1-c1cnc(CC(C)(C)C(F)(F)F)cc1OC(F)F. The fourth-order valence-electron chi connectivity index (χ4n) is 4.52. The Balaban J connectivity index is 1.82. The molecule has 0 spiro atoms. The monoisotopic (exact) mass is 600 g/mol. The topological polar surface area (TPSA) is 103 Å². The molecule has 0 radical (unpaired) electrons. The van der Waals surface area contributed by atoms with Crippen LogP contribution in [-0.2, 0) is 23.3 Å². The molecule has 0 aromatic carbocycles. The normalized spacial score (nSPS) is 18.8. The first kappa shape index (κ1) is 31.1. The van der Waals surface area contributed by atoms with E-state index >= 15 is 0 Å². The van der Waals surface area contributed by atoms with E-state index in [2.05, 4.69) is 20.1 Å². The summed E-state index contributed by atoms with van der Waals surface area (Å²) >= 11 is 6.43. The summed E-state index contributed by atoms with van der Waals surface area (Å²) in [6, 6.07) is 0.991. The Labute approximate surface area is 228 Å². The first-order chi connectivity index (χ1) is 17.9. The molecule has 2 heterocycles. The van der Waals surface area contributed by atoms with Gasteiger partial charge in [0.1, 0.15) is 15.6 Å². The summed E-state index contributed by atoms with van der Waals surface area (Å²) in [5, 5.41) is 6.26. The number of aryl methyl sites for hydroxylation is 1. The molecule has 0 saturated heterocycles. The summed E-state index contributed by atoms with van der Waals surface area (Å²) in [6.45, 7) is -1.09. The lowest BCUT2D eigenvalue weighted by molar-refractivity contribution is -0.211. The van der Waals surface area contributed by atoms with Gasteiger partial charge in [-0.1, -0.05) is 25.4 Å². The average molecular weight is 601 g/mol. The number of halogens is 6. The lowest BCUT2D eigenvalue weighted by atomic mass is 9.86. The molecule has 0 unspecified atom stereocenters. The fourth-order valence-corrected chi connectivity index (χ4v) is 6.00. The van der Waals surface area contributed by atoms with Gasteiger partial charge in [0.2, 0.25) is 0 Å². The van der Waals surface area contributed by atoms with Gasteiger partial charge in [-0.15, -0.1) is 0 Å². The Kier molecular flexibility index (Phi) is 9.20. The van der Waals surface area contributed by atoms with Crippen LogP contribution in [0, 0.1) is 11.3 Å². The van der Waals surface area contributed by atoms with Crippen molar-refractivity contribution < 1.29 is 39.9 Å². The van der Waals surface area contributed by atoms with Crippen LogP contribution < -0.4 is 10.1 Å². The average Bonchev–Trinajstić information content (AvgIpc) is 3.10. The Morgan fingerprint density at radius 3 is 2.38 bits per heavy atom. The molecule has 39 heavy (non-hydrogen) atoms. The molecule has 2 aromatic rings. The zero-order chi connectivity index (χ0) is 29.3. The predicted molar refractivity (Wildman–Crippen MR) is 135 cm³/mol. The van der Waals surface area contributed by atoms with Gasteiger partial charge < -0.3 is 10.1 Å². The number of carbonyl (C=O) groups is 1. The maximum absolute atomic E-state index is 13.3. The number of rotatable bonds is 9. The second kappa shape index (κ2) is 11.6. The lowest BCUT2D eigenvalue weighted by Crippen LogP contribution is -2.34. The van der Waals surface area contributed by atoms with Crippen LogP contribution in [0.3, 0.4) is 0 Å². The number of ether oxygens (including phenoxy) is 1. The number of alkyl halides is 5. The Bertz CT molecular complexity index is 1310. The van der Waals surface area contributed by atoms with E-state index in [1.165, 1.54) is 18.0 Å². The molecule has 0 bridgehead atoms. The number of pyridine rings is 1. The van der Waals surface area contributed by atoms with Crippen LogP contribution in [0.4, 0.5) is 22.0 Å². The van der Waals surface area contributed by atoms with E-state index < -0.39 is 46.1 Å².